The van der Waals surface area contributed by atoms with E-state index in [-0.39, 0.29) is 23.7 Å². The number of thiazole rings is 1. The molecule has 1 saturated carbocycles. The third kappa shape index (κ3) is 5.03. The molecule has 2 aromatic heterocycles. The number of rotatable bonds is 5. The van der Waals surface area contributed by atoms with Gasteiger partial charge in [0, 0.05) is 40.8 Å². The minimum absolute atomic E-state index is 0.112. The van der Waals surface area contributed by atoms with Gasteiger partial charge in [0.05, 0.1) is 0 Å². The molecule has 3 aromatic rings. The molecule has 2 atom stereocenters. The summed E-state index contributed by atoms with van der Waals surface area (Å²) in [5, 5.41) is 2.54. The average Bonchev–Trinajstić information content (AvgIpc) is 3.19. The van der Waals surface area contributed by atoms with Gasteiger partial charge in [-0.15, -0.1) is 11.3 Å². The zero-order chi connectivity index (χ0) is 22.2. The number of nitrogens with zero attached hydrogens (tertiary/aromatic N) is 2. The van der Waals surface area contributed by atoms with E-state index in [0.717, 1.165) is 30.4 Å². The van der Waals surface area contributed by atoms with Gasteiger partial charge in [-0.1, -0.05) is 25.4 Å². The van der Waals surface area contributed by atoms with Crippen LogP contribution in [0.4, 0.5) is 4.39 Å². The quantitative estimate of drug-likeness (QED) is 0.474. The molecule has 1 aliphatic carbocycles. The van der Waals surface area contributed by atoms with Crippen LogP contribution in [0.15, 0.2) is 42.0 Å². The number of carbonyl (C=O) groups is 1. The van der Waals surface area contributed by atoms with E-state index in [2.05, 4.69) is 23.8 Å². The summed E-state index contributed by atoms with van der Waals surface area (Å²) in [6.45, 7) is 4.49. The third-order valence-corrected chi connectivity index (χ3v) is 6.99. The molecule has 0 saturated heterocycles. The van der Waals surface area contributed by atoms with Crippen molar-refractivity contribution in [3.63, 3.8) is 0 Å². The minimum atomic E-state index is -0.413. The van der Waals surface area contributed by atoms with Gasteiger partial charge in [-0.3, -0.25) is 9.78 Å². The van der Waals surface area contributed by atoms with Gasteiger partial charge in [0.2, 0.25) is 0 Å². The third-order valence-electron chi connectivity index (χ3n) is 5.88. The Morgan fingerprint density at radius 2 is 2.13 bits per heavy atom. The number of aromatic nitrogens is 2. The van der Waals surface area contributed by atoms with Crippen molar-refractivity contribution in [3.8, 4) is 10.6 Å². The van der Waals surface area contributed by atoms with Crippen LogP contribution in [0.25, 0.3) is 10.6 Å². The second-order valence-electron chi connectivity index (χ2n) is 9.10. The molecule has 0 unspecified atom stereocenters. The molecule has 4 nitrogen and oxygen atoms in total. The highest BCUT2D eigenvalue weighted by atomic mass is 35.5. The Morgan fingerprint density at radius 1 is 1.32 bits per heavy atom. The van der Waals surface area contributed by atoms with Crippen molar-refractivity contribution in [2.45, 2.75) is 51.5 Å². The fourth-order valence-corrected chi connectivity index (χ4v) is 5.68. The fourth-order valence-electron chi connectivity index (χ4n) is 4.66. The van der Waals surface area contributed by atoms with E-state index in [1.807, 2.05) is 6.07 Å². The molecule has 1 fully saturated rings. The number of nitrogens with two attached hydrogens (primary N) is 1. The van der Waals surface area contributed by atoms with Crippen LogP contribution in [0.2, 0.25) is 5.02 Å². The van der Waals surface area contributed by atoms with Crippen molar-refractivity contribution in [2.75, 3.05) is 0 Å². The van der Waals surface area contributed by atoms with Crippen LogP contribution in [-0.4, -0.2) is 21.8 Å². The second kappa shape index (κ2) is 8.77. The van der Waals surface area contributed by atoms with Gasteiger partial charge in [-0.25, -0.2) is 9.37 Å². The Kier molecular flexibility index (Phi) is 6.24. The lowest BCUT2D eigenvalue weighted by molar-refractivity contribution is 0.0988. The monoisotopic (exact) mass is 457 g/mol. The first-order valence-electron chi connectivity index (χ1n) is 10.3. The van der Waals surface area contributed by atoms with Crippen molar-refractivity contribution in [2.24, 2.45) is 11.1 Å². The number of halogens is 2. The van der Waals surface area contributed by atoms with Crippen LogP contribution in [-0.2, 0) is 6.42 Å². The molecule has 31 heavy (non-hydrogen) atoms. The lowest BCUT2D eigenvalue weighted by Gasteiger charge is -2.39. The predicted octanol–water partition coefficient (Wildman–Crippen LogP) is 6.04. The second-order valence-corrected chi connectivity index (χ2v) is 10.4. The Bertz CT molecular complexity index is 1110. The van der Waals surface area contributed by atoms with Gasteiger partial charge < -0.3 is 5.73 Å². The van der Waals surface area contributed by atoms with E-state index in [9.17, 15) is 9.18 Å². The molecule has 1 aliphatic rings. The molecule has 0 spiro atoms. The molecule has 162 valence electrons. The first-order chi connectivity index (χ1) is 14.7. The molecular formula is C24H25ClFN3OS. The van der Waals surface area contributed by atoms with Crippen molar-refractivity contribution < 1.29 is 9.18 Å². The number of carbonyl (C=O) groups excluding carboxylic acids is 1. The number of pyridine rings is 1. The Hall–Kier alpha value is -2.15. The summed E-state index contributed by atoms with van der Waals surface area (Å²) >= 11 is 7.23. The topological polar surface area (TPSA) is 68.9 Å². The minimum Gasteiger partial charge on any atom is -0.328 e. The SMILES string of the molecule is CC1(C)C[C@H](N)C[C@H](c2ccncc2CC(=O)c2csc(-c3cc(Cl)ccc3F)n2)C1. The van der Waals surface area contributed by atoms with E-state index < -0.39 is 5.82 Å². The van der Waals surface area contributed by atoms with Crippen molar-refractivity contribution >= 4 is 28.7 Å². The van der Waals surface area contributed by atoms with Gasteiger partial charge in [0.15, 0.2) is 5.78 Å². The molecule has 0 amide bonds. The Labute approximate surface area is 190 Å². The summed E-state index contributed by atoms with van der Waals surface area (Å²) in [6.07, 6.45) is 6.69. The number of Topliss-reactive ketones (excluding diaryl/α,β-unsaturated/α-hetero) is 1. The van der Waals surface area contributed by atoms with E-state index in [4.69, 9.17) is 17.3 Å². The Morgan fingerprint density at radius 3 is 2.90 bits per heavy atom. The maximum absolute atomic E-state index is 14.2. The smallest absolute Gasteiger partial charge is 0.186 e. The highest BCUT2D eigenvalue weighted by molar-refractivity contribution is 7.13. The number of ketones is 1. The largest absolute Gasteiger partial charge is 0.328 e. The number of hydrogen-bond acceptors (Lipinski definition) is 5. The van der Waals surface area contributed by atoms with Crippen LogP contribution < -0.4 is 5.73 Å². The summed E-state index contributed by atoms with van der Waals surface area (Å²) < 4.78 is 14.2. The standard InChI is InChI=1S/C24H25ClFN3OS/c1-24(2)10-14(7-17(27)11-24)18-5-6-28-12-15(18)8-22(30)21-13-31-23(29-21)19-9-16(25)3-4-20(19)26/h3-6,9,12-14,17H,7-8,10-11,27H2,1-2H3/t14-,17+/m0/s1. The molecular weight excluding hydrogens is 433 g/mol. The molecule has 2 N–H and O–H groups in total. The maximum atomic E-state index is 14.2. The summed E-state index contributed by atoms with van der Waals surface area (Å²) in [5.74, 6) is -0.224. The molecule has 4 rings (SSSR count). The van der Waals surface area contributed by atoms with Gasteiger partial charge in [-0.2, -0.15) is 0 Å². The zero-order valence-electron chi connectivity index (χ0n) is 17.6. The van der Waals surface area contributed by atoms with Crippen LogP contribution in [0.5, 0.6) is 0 Å². The average molecular weight is 458 g/mol. The van der Waals surface area contributed by atoms with E-state index in [1.165, 1.54) is 29.5 Å². The van der Waals surface area contributed by atoms with Crippen LogP contribution >= 0.6 is 22.9 Å². The highest BCUT2D eigenvalue weighted by Gasteiger charge is 2.34. The van der Waals surface area contributed by atoms with Crippen molar-refractivity contribution in [1.82, 2.24) is 9.97 Å². The first-order valence-corrected chi connectivity index (χ1v) is 11.6. The highest BCUT2D eigenvalue weighted by Crippen LogP contribution is 2.43. The summed E-state index contributed by atoms with van der Waals surface area (Å²) in [5.41, 5.74) is 9.18. The zero-order valence-corrected chi connectivity index (χ0v) is 19.1. The lowest BCUT2D eigenvalue weighted by Crippen LogP contribution is -2.36. The van der Waals surface area contributed by atoms with Crippen LogP contribution in [0, 0.1) is 11.2 Å². The van der Waals surface area contributed by atoms with E-state index in [0.29, 0.717) is 27.2 Å². The molecule has 2 heterocycles. The first kappa shape index (κ1) is 22.1. The van der Waals surface area contributed by atoms with Gasteiger partial charge in [0.25, 0.3) is 0 Å². The molecule has 7 heteroatoms. The molecule has 0 radical (unpaired) electrons. The van der Waals surface area contributed by atoms with Gasteiger partial charge >= 0.3 is 0 Å². The number of hydrogen-bond donors (Lipinski definition) is 1. The fraction of sp³-hybridized carbons (Fsp3) is 0.375. The summed E-state index contributed by atoms with van der Waals surface area (Å²) in [7, 11) is 0. The van der Waals surface area contributed by atoms with Crippen LogP contribution in [0.3, 0.4) is 0 Å². The summed E-state index contributed by atoms with van der Waals surface area (Å²) in [4.78, 5) is 21.6. The van der Waals surface area contributed by atoms with Crippen LogP contribution in [0.1, 0.15) is 60.6 Å². The number of benzene rings is 1. The molecule has 1 aromatic carbocycles. The van der Waals surface area contributed by atoms with Gasteiger partial charge in [-0.05, 0) is 66.0 Å². The predicted molar refractivity (Wildman–Crippen MR) is 123 cm³/mol. The molecule has 0 aliphatic heterocycles. The van der Waals surface area contributed by atoms with E-state index in [1.54, 1.807) is 17.8 Å². The van der Waals surface area contributed by atoms with E-state index >= 15 is 0 Å². The Balaban J connectivity index is 1.56. The van der Waals surface area contributed by atoms with Crippen molar-refractivity contribution in [1.29, 1.82) is 0 Å². The van der Waals surface area contributed by atoms with Crippen molar-refractivity contribution in [3.05, 3.63) is 69.7 Å². The lowest BCUT2D eigenvalue weighted by atomic mass is 9.68. The normalized spacial score (nSPS) is 20.5. The maximum Gasteiger partial charge on any atom is 0.186 e. The van der Waals surface area contributed by atoms with Gasteiger partial charge in [0.1, 0.15) is 16.5 Å². The molecule has 0 bridgehead atoms. The summed E-state index contributed by atoms with van der Waals surface area (Å²) in [6, 6.07) is 6.48.